The van der Waals surface area contributed by atoms with Crippen LogP contribution in [0, 0.1) is 5.41 Å². The number of fused-ring (bicyclic) bond motifs is 3. The summed E-state index contributed by atoms with van der Waals surface area (Å²) in [6, 6.07) is 8.27. The lowest BCUT2D eigenvalue weighted by molar-refractivity contribution is 0.0579. The van der Waals surface area contributed by atoms with Gasteiger partial charge >= 0.3 is 5.97 Å². The maximum Gasteiger partial charge on any atom is 0.356 e. The molecule has 3 unspecified atom stereocenters. The van der Waals surface area contributed by atoms with Crippen molar-refractivity contribution < 1.29 is 14.3 Å². The normalized spacial score (nSPS) is 27.7. The Balaban J connectivity index is 1.91. The van der Waals surface area contributed by atoms with Crippen molar-refractivity contribution in [3.05, 3.63) is 53.6 Å². The number of benzene rings is 1. The molecule has 0 radical (unpaired) electrons. The molecule has 114 valence electrons. The summed E-state index contributed by atoms with van der Waals surface area (Å²) < 4.78 is 12.7. The molecule has 1 aromatic heterocycles. The molecule has 1 saturated heterocycles. The van der Waals surface area contributed by atoms with Gasteiger partial charge in [0.25, 0.3) is 0 Å². The third-order valence-electron chi connectivity index (χ3n) is 4.87. The van der Waals surface area contributed by atoms with E-state index in [1.165, 1.54) is 18.2 Å². The van der Waals surface area contributed by atoms with Crippen LogP contribution < -0.4 is 0 Å². The smallest absolute Gasteiger partial charge is 0.356 e. The SMILES string of the molecule is COC(=O)c1cncn1C1c2ccccc2C2OC2C1(C)C. The van der Waals surface area contributed by atoms with Crippen molar-refractivity contribution in [3.8, 4) is 0 Å². The monoisotopic (exact) mass is 298 g/mol. The number of aromatic nitrogens is 2. The first-order valence-electron chi connectivity index (χ1n) is 7.40. The van der Waals surface area contributed by atoms with E-state index in [0.29, 0.717) is 5.69 Å². The lowest BCUT2D eigenvalue weighted by Gasteiger charge is -2.38. The van der Waals surface area contributed by atoms with Gasteiger partial charge in [0, 0.05) is 5.41 Å². The quantitative estimate of drug-likeness (QED) is 0.632. The summed E-state index contributed by atoms with van der Waals surface area (Å²) in [5, 5.41) is 0. The number of epoxide rings is 1. The zero-order chi connectivity index (χ0) is 15.5. The highest BCUT2D eigenvalue weighted by Crippen LogP contribution is 2.60. The number of ether oxygens (including phenoxy) is 2. The van der Waals surface area contributed by atoms with Gasteiger partial charge in [0.2, 0.25) is 0 Å². The number of carbonyl (C=O) groups excluding carboxylic acids is 1. The van der Waals surface area contributed by atoms with E-state index in [9.17, 15) is 4.79 Å². The van der Waals surface area contributed by atoms with Crippen molar-refractivity contribution in [2.24, 2.45) is 5.41 Å². The van der Waals surface area contributed by atoms with Crippen LogP contribution in [0.15, 0.2) is 36.8 Å². The fourth-order valence-corrected chi connectivity index (χ4v) is 3.77. The van der Waals surface area contributed by atoms with Gasteiger partial charge in [-0.2, -0.15) is 0 Å². The Hall–Kier alpha value is -2.14. The van der Waals surface area contributed by atoms with Gasteiger partial charge in [-0.1, -0.05) is 38.1 Å². The van der Waals surface area contributed by atoms with Gasteiger partial charge in [0.15, 0.2) is 0 Å². The maximum absolute atomic E-state index is 12.0. The lowest BCUT2D eigenvalue weighted by Crippen LogP contribution is -2.37. The first kappa shape index (κ1) is 13.5. The molecule has 0 spiro atoms. The Labute approximate surface area is 128 Å². The Bertz CT molecular complexity index is 750. The van der Waals surface area contributed by atoms with Crippen LogP contribution in [0.1, 0.15) is 47.6 Å². The minimum atomic E-state index is -0.371. The zero-order valence-corrected chi connectivity index (χ0v) is 12.8. The average molecular weight is 298 g/mol. The number of imidazole rings is 1. The highest BCUT2D eigenvalue weighted by Gasteiger charge is 2.59. The van der Waals surface area contributed by atoms with Crippen molar-refractivity contribution >= 4 is 5.97 Å². The Morgan fingerprint density at radius 3 is 2.77 bits per heavy atom. The summed E-state index contributed by atoms with van der Waals surface area (Å²) in [4.78, 5) is 16.2. The molecule has 1 aliphatic heterocycles. The zero-order valence-electron chi connectivity index (χ0n) is 12.8. The molecule has 1 aromatic carbocycles. The molecular weight excluding hydrogens is 280 g/mol. The molecule has 2 aromatic rings. The first-order valence-corrected chi connectivity index (χ1v) is 7.40. The molecule has 22 heavy (non-hydrogen) atoms. The largest absolute Gasteiger partial charge is 0.464 e. The second-order valence-corrected chi connectivity index (χ2v) is 6.51. The standard InChI is InChI=1S/C17H18N2O3/c1-17(2)14(19-9-18-8-12(19)16(20)21-3)11-7-5-4-6-10(11)13-15(17)22-13/h4-9,13-15H,1-3H3. The summed E-state index contributed by atoms with van der Waals surface area (Å²) >= 11 is 0. The van der Waals surface area contributed by atoms with E-state index in [-0.39, 0.29) is 29.6 Å². The van der Waals surface area contributed by atoms with E-state index >= 15 is 0 Å². The molecule has 3 atom stereocenters. The van der Waals surface area contributed by atoms with Crippen LogP contribution in [0.25, 0.3) is 0 Å². The van der Waals surface area contributed by atoms with Gasteiger partial charge in [-0.05, 0) is 11.1 Å². The fourth-order valence-electron chi connectivity index (χ4n) is 3.77. The number of hydrogen-bond acceptors (Lipinski definition) is 4. The number of carbonyl (C=O) groups is 1. The minimum absolute atomic E-state index is 0.0101. The molecule has 0 bridgehead atoms. The van der Waals surface area contributed by atoms with Gasteiger partial charge in [-0.25, -0.2) is 9.78 Å². The molecule has 5 nitrogen and oxygen atoms in total. The second kappa shape index (κ2) is 4.43. The van der Waals surface area contributed by atoms with E-state index in [2.05, 4.69) is 31.0 Å². The van der Waals surface area contributed by atoms with Crippen molar-refractivity contribution in [2.45, 2.75) is 32.1 Å². The van der Waals surface area contributed by atoms with Gasteiger partial charge in [0.1, 0.15) is 11.8 Å². The summed E-state index contributed by atoms with van der Waals surface area (Å²) in [6.07, 6.45) is 3.61. The topological polar surface area (TPSA) is 56.6 Å². The van der Waals surface area contributed by atoms with Gasteiger partial charge < -0.3 is 14.0 Å². The lowest BCUT2D eigenvalue weighted by atomic mass is 9.70. The van der Waals surface area contributed by atoms with Crippen LogP contribution in [0.2, 0.25) is 0 Å². The van der Waals surface area contributed by atoms with Crippen molar-refractivity contribution in [1.82, 2.24) is 9.55 Å². The van der Waals surface area contributed by atoms with Crippen LogP contribution in [-0.4, -0.2) is 28.7 Å². The van der Waals surface area contributed by atoms with Crippen LogP contribution in [0.5, 0.6) is 0 Å². The molecule has 4 rings (SSSR count). The highest BCUT2D eigenvalue weighted by molar-refractivity contribution is 5.87. The van der Waals surface area contributed by atoms with Crippen LogP contribution >= 0.6 is 0 Å². The van der Waals surface area contributed by atoms with Gasteiger partial charge in [-0.15, -0.1) is 0 Å². The molecule has 1 fully saturated rings. The molecule has 0 amide bonds. The Morgan fingerprint density at radius 2 is 2.05 bits per heavy atom. The predicted molar refractivity (Wildman–Crippen MR) is 79.5 cm³/mol. The van der Waals surface area contributed by atoms with E-state index < -0.39 is 0 Å². The molecular formula is C17H18N2O3. The minimum Gasteiger partial charge on any atom is -0.464 e. The van der Waals surface area contributed by atoms with Crippen LogP contribution in [-0.2, 0) is 9.47 Å². The average Bonchev–Trinajstić information content (AvgIpc) is 3.20. The number of nitrogens with zero attached hydrogens (tertiary/aromatic N) is 2. The predicted octanol–water partition coefficient (Wildman–Crippen LogP) is 2.74. The Kier molecular flexibility index (Phi) is 2.72. The highest BCUT2D eigenvalue weighted by atomic mass is 16.6. The third-order valence-corrected chi connectivity index (χ3v) is 4.87. The van der Waals surface area contributed by atoms with E-state index in [0.717, 1.165) is 0 Å². The molecule has 0 N–H and O–H groups in total. The molecule has 2 aliphatic rings. The number of methoxy groups -OCH3 is 1. The third kappa shape index (κ3) is 1.69. The first-order chi connectivity index (χ1) is 10.6. The van der Waals surface area contributed by atoms with Crippen molar-refractivity contribution in [3.63, 3.8) is 0 Å². The Morgan fingerprint density at radius 1 is 1.32 bits per heavy atom. The van der Waals surface area contributed by atoms with Crippen LogP contribution in [0.4, 0.5) is 0 Å². The van der Waals surface area contributed by atoms with Crippen molar-refractivity contribution in [1.29, 1.82) is 0 Å². The van der Waals surface area contributed by atoms with E-state index in [4.69, 9.17) is 9.47 Å². The van der Waals surface area contributed by atoms with Crippen molar-refractivity contribution in [2.75, 3.05) is 7.11 Å². The number of esters is 1. The summed E-state index contributed by atoms with van der Waals surface area (Å²) in [5.74, 6) is -0.371. The molecule has 0 saturated carbocycles. The summed E-state index contributed by atoms with van der Waals surface area (Å²) in [7, 11) is 1.39. The molecule has 2 heterocycles. The summed E-state index contributed by atoms with van der Waals surface area (Å²) in [5.41, 5.74) is 2.73. The maximum atomic E-state index is 12.0. The number of hydrogen-bond donors (Lipinski definition) is 0. The molecule has 1 aliphatic carbocycles. The summed E-state index contributed by atoms with van der Waals surface area (Å²) in [6.45, 7) is 4.36. The van der Waals surface area contributed by atoms with E-state index in [1.807, 2.05) is 16.7 Å². The second-order valence-electron chi connectivity index (χ2n) is 6.51. The van der Waals surface area contributed by atoms with Gasteiger partial charge in [-0.3, -0.25) is 0 Å². The molecule has 5 heteroatoms. The van der Waals surface area contributed by atoms with E-state index in [1.54, 1.807) is 12.5 Å². The van der Waals surface area contributed by atoms with Gasteiger partial charge in [0.05, 0.1) is 31.8 Å². The van der Waals surface area contributed by atoms with Crippen LogP contribution in [0.3, 0.4) is 0 Å². The fraction of sp³-hybridized carbons (Fsp3) is 0.412. The number of rotatable bonds is 2.